The highest BCUT2D eigenvalue weighted by atomic mass is 32.1. The summed E-state index contributed by atoms with van der Waals surface area (Å²) >= 11 is 1.49. The zero-order chi connectivity index (χ0) is 36.5. The van der Waals surface area contributed by atoms with E-state index in [0.717, 1.165) is 27.2 Å². The van der Waals surface area contributed by atoms with Gasteiger partial charge in [-0.1, -0.05) is 98.7 Å². The predicted molar refractivity (Wildman–Crippen MR) is 201 cm³/mol. The van der Waals surface area contributed by atoms with Gasteiger partial charge in [0.2, 0.25) is 11.7 Å². The van der Waals surface area contributed by atoms with E-state index in [1.807, 2.05) is 118 Å². The molecule has 4 aromatic heterocycles. The van der Waals surface area contributed by atoms with Gasteiger partial charge in [-0.3, -0.25) is 9.20 Å². The van der Waals surface area contributed by atoms with Crippen LogP contribution in [0.25, 0.3) is 28.3 Å². The highest BCUT2D eigenvalue weighted by Gasteiger charge is 2.52. The van der Waals surface area contributed by atoms with Crippen molar-refractivity contribution in [1.82, 2.24) is 24.5 Å². The van der Waals surface area contributed by atoms with Crippen molar-refractivity contribution in [2.75, 3.05) is 5.32 Å². The Hall–Kier alpha value is -5.37. The first-order valence-corrected chi connectivity index (χ1v) is 19.6. The van der Waals surface area contributed by atoms with E-state index in [4.69, 9.17) is 8.95 Å². The third kappa shape index (κ3) is 6.82. The van der Waals surface area contributed by atoms with E-state index >= 15 is 0 Å². The standard InChI is InChI=1S/C39H36F2N6O3SSi/c1-25-15-16-26(19-30(25)44-38(48)32-21-42-34-18-17-27(22-47(32)34)31-23-51-24-43-31)37-45-35(49-46-37)20-33(36(40)41)50-52(39(2,3)4,28-11-7-5-8-12-28)29-13-9-6-10-14-29/h5-19,21-24,33,36H,20H2,1-4H3,(H,44,48)/t33-/m0/s1. The molecular weight excluding hydrogens is 699 g/mol. The number of hydrogen-bond donors (Lipinski definition) is 1. The SMILES string of the molecule is Cc1ccc(-c2noc(C[C@H](O[Si](c3ccccc3)(c3ccccc3)C(C)(C)C)C(F)F)n2)cc1NC(=O)c1cnc2ccc(-c3cscn3)cn12. The fraction of sp³-hybridized carbons (Fsp3) is 0.205. The largest absolute Gasteiger partial charge is 0.398 e. The van der Waals surface area contributed by atoms with E-state index in [-0.39, 0.29) is 24.0 Å². The highest BCUT2D eigenvalue weighted by molar-refractivity contribution is 7.07. The number of anilines is 1. The van der Waals surface area contributed by atoms with Crippen molar-refractivity contribution in [3.63, 3.8) is 0 Å². The van der Waals surface area contributed by atoms with Gasteiger partial charge in [0.15, 0.2) is 0 Å². The molecule has 9 nitrogen and oxygen atoms in total. The number of fused-ring (bicyclic) bond motifs is 1. The first-order valence-electron chi connectivity index (χ1n) is 16.7. The minimum atomic E-state index is -3.29. The van der Waals surface area contributed by atoms with Crippen LogP contribution in [0.15, 0.2) is 119 Å². The van der Waals surface area contributed by atoms with Crippen molar-refractivity contribution in [1.29, 1.82) is 0 Å². The molecule has 52 heavy (non-hydrogen) atoms. The number of thiazole rings is 1. The summed E-state index contributed by atoms with van der Waals surface area (Å²) in [6, 6.07) is 28.4. The Morgan fingerprint density at radius 1 is 0.962 bits per heavy atom. The molecule has 0 aliphatic carbocycles. The summed E-state index contributed by atoms with van der Waals surface area (Å²) in [6.07, 6.45) is -1.28. The van der Waals surface area contributed by atoms with Gasteiger partial charge in [0.05, 0.1) is 23.8 Å². The number of halogens is 2. The second kappa shape index (κ2) is 14.3. The Balaban J connectivity index is 1.14. The Morgan fingerprint density at radius 3 is 2.29 bits per heavy atom. The first-order chi connectivity index (χ1) is 25.0. The van der Waals surface area contributed by atoms with Gasteiger partial charge in [-0.05, 0) is 46.1 Å². The molecule has 3 aromatic carbocycles. The predicted octanol–water partition coefficient (Wildman–Crippen LogP) is 7.82. The van der Waals surface area contributed by atoms with E-state index in [9.17, 15) is 13.6 Å². The number of nitrogens with zero attached hydrogens (tertiary/aromatic N) is 5. The maximum atomic E-state index is 14.9. The topological polar surface area (TPSA) is 107 Å². The summed E-state index contributed by atoms with van der Waals surface area (Å²) in [5.74, 6) is -0.144. The van der Waals surface area contributed by atoms with E-state index in [2.05, 4.69) is 25.4 Å². The minimum Gasteiger partial charge on any atom is -0.398 e. The fourth-order valence-electron chi connectivity index (χ4n) is 6.46. The lowest BCUT2D eigenvalue weighted by molar-refractivity contribution is 0.00243. The normalized spacial score (nSPS) is 12.8. The molecule has 0 bridgehead atoms. The number of benzene rings is 3. The number of nitrogens with one attached hydrogen (secondary N) is 1. The molecule has 0 aliphatic heterocycles. The number of imidazole rings is 1. The van der Waals surface area contributed by atoms with Gasteiger partial charge in [0, 0.05) is 28.4 Å². The average molecular weight is 735 g/mol. The van der Waals surface area contributed by atoms with Crippen molar-refractivity contribution in [2.45, 2.75) is 51.7 Å². The number of alkyl halides is 2. The summed E-state index contributed by atoms with van der Waals surface area (Å²) in [6.45, 7) is 7.98. The zero-order valence-corrected chi connectivity index (χ0v) is 30.8. The Kier molecular flexibility index (Phi) is 9.66. The molecule has 0 saturated heterocycles. The monoisotopic (exact) mass is 734 g/mol. The summed E-state index contributed by atoms with van der Waals surface area (Å²) in [5.41, 5.74) is 6.26. The van der Waals surface area contributed by atoms with Gasteiger partial charge in [0.25, 0.3) is 20.7 Å². The molecular formula is C39H36F2N6O3SSi. The maximum Gasteiger partial charge on any atom is 0.274 e. The molecule has 0 aliphatic rings. The number of amides is 1. The highest BCUT2D eigenvalue weighted by Crippen LogP contribution is 2.38. The number of hydrogen-bond acceptors (Lipinski definition) is 8. The number of carbonyl (C=O) groups is 1. The lowest BCUT2D eigenvalue weighted by atomic mass is 10.1. The number of pyridine rings is 1. The van der Waals surface area contributed by atoms with Crippen LogP contribution in [0.1, 0.15) is 42.7 Å². The Labute approximate surface area is 304 Å². The van der Waals surface area contributed by atoms with Gasteiger partial charge in [-0.25, -0.2) is 18.7 Å². The number of rotatable bonds is 11. The van der Waals surface area contributed by atoms with E-state index in [1.165, 1.54) is 17.5 Å². The summed E-state index contributed by atoms with van der Waals surface area (Å²) in [4.78, 5) is 26.8. The van der Waals surface area contributed by atoms with Crippen LogP contribution in [-0.4, -0.2) is 51.3 Å². The lowest BCUT2D eigenvalue weighted by Gasteiger charge is -2.44. The van der Waals surface area contributed by atoms with Gasteiger partial charge in [-0.2, -0.15) is 4.98 Å². The van der Waals surface area contributed by atoms with Crippen molar-refractivity contribution >= 4 is 47.3 Å². The summed E-state index contributed by atoms with van der Waals surface area (Å²) < 4.78 is 43.9. The van der Waals surface area contributed by atoms with Crippen LogP contribution in [0, 0.1) is 6.92 Å². The molecule has 0 radical (unpaired) electrons. The Bertz CT molecular complexity index is 2270. The van der Waals surface area contributed by atoms with Crippen LogP contribution in [0.4, 0.5) is 14.5 Å². The second-order valence-corrected chi connectivity index (χ2v) is 18.5. The molecule has 7 rings (SSSR count). The van der Waals surface area contributed by atoms with E-state index in [0.29, 0.717) is 22.6 Å². The molecule has 13 heteroatoms. The lowest BCUT2D eigenvalue weighted by Crippen LogP contribution is -2.68. The second-order valence-electron chi connectivity index (χ2n) is 13.5. The van der Waals surface area contributed by atoms with Crippen LogP contribution in [0.3, 0.4) is 0 Å². The Morgan fingerprint density at radius 2 is 1.65 bits per heavy atom. The van der Waals surface area contributed by atoms with Gasteiger partial charge in [-0.15, -0.1) is 11.3 Å². The molecule has 4 heterocycles. The van der Waals surface area contributed by atoms with E-state index < -0.39 is 25.9 Å². The van der Waals surface area contributed by atoms with Crippen LogP contribution in [-0.2, 0) is 10.8 Å². The molecule has 0 unspecified atom stereocenters. The smallest absolute Gasteiger partial charge is 0.274 e. The molecule has 0 fully saturated rings. The molecule has 1 amide bonds. The number of aromatic nitrogens is 5. The van der Waals surface area contributed by atoms with Crippen molar-refractivity contribution in [2.24, 2.45) is 0 Å². The van der Waals surface area contributed by atoms with Crippen LogP contribution in [0.2, 0.25) is 5.04 Å². The number of aryl methyl sites for hydroxylation is 1. The molecule has 0 saturated carbocycles. The molecule has 0 spiro atoms. The third-order valence-electron chi connectivity index (χ3n) is 9.08. The molecule has 1 N–H and O–H groups in total. The zero-order valence-electron chi connectivity index (χ0n) is 29.0. The first kappa shape index (κ1) is 35.0. The third-order valence-corrected chi connectivity index (χ3v) is 14.7. The van der Waals surface area contributed by atoms with Crippen LogP contribution < -0.4 is 15.7 Å². The number of carbonyl (C=O) groups excluding carboxylic acids is 1. The summed E-state index contributed by atoms with van der Waals surface area (Å²) in [5, 5.41) is 10.3. The average Bonchev–Trinajstić information content (AvgIpc) is 3.93. The summed E-state index contributed by atoms with van der Waals surface area (Å²) in [7, 11) is -3.29. The maximum absolute atomic E-state index is 14.9. The van der Waals surface area contributed by atoms with Crippen LogP contribution in [0.5, 0.6) is 0 Å². The van der Waals surface area contributed by atoms with Gasteiger partial charge < -0.3 is 14.3 Å². The molecule has 264 valence electrons. The minimum absolute atomic E-state index is 0.0195. The van der Waals surface area contributed by atoms with Crippen molar-refractivity contribution in [3.05, 3.63) is 131 Å². The molecule has 1 atom stereocenters. The van der Waals surface area contributed by atoms with Gasteiger partial charge in [0.1, 0.15) is 17.4 Å². The fourth-order valence-corrected chi connectivity index (χ4v) is 11.7. The van der Waals surface area contributed by atoms with E-state index in [1.54, 1.807) is 22.0 Å². The van der Waals surface area contributed by atoms with Crippen molar-refractivity contribution < 1.29 is 22.5 Å². The van der Waals surface area contributed by atoms with Crippen molar-refractivity contribution in [3.8, 4) is 22.6 Å². The van der Waals surface area contributed by atoms with Gasteiger partial charge >= 0.3 is 0 Å². The quantitative estimate of drug-likeness (QED) is 0.135. The van der Waals surface area contributed by atoms with Crippen LogP contribution >= 0.6 is 11.3 Å². The molecule has 7 aromatic rings.